The topological polar surface area (TPSA) is 53.1 Å². The maximum absolute atomic E-state index is 12.9. The van der Waals surface area contributed by atoms with Gasteiger partial charge >= 0.3 is 0 Å². The van der Waals surface area contributed by atoms with E-state index >= 15 is 0 Å². The number of amides is 2. The summed E-state index contributed by atoms with van der Waals surface area (Å²) in [5.41, 5.74) is 0.823. The number of anilines is 1. The lowest BCUT2D eigenvalue weighted by atomic mass is 10.0. The summed E-state index contributed by atoms with van der Waals surface area (Å²) in [5.74, 6) is 0.920. The highest BCUT2D eigenvalue weighted by Crippen LogP contribution is 2.31. The maximum atomic E-state index is 12.9. The Labute approximate surface area is 149 Å². The van der Waals surface area contributed by atoms with Crippen LogP contribution in [0, 0.1) is 0 Å². The first-order valence-electron chi connectivity index (χ1n) is 9.13. The molecule has 6 heteroatoms. The minimum atomic E-state index is -0.182. The normalized spacial score (nSPS) is 21.0. The van der Waals surface area contributed by atoms with E-state index in [2.05, 4.69) is 11.8 Å². The first-order valence-corrected chi connectivity index (χ1v) is 9.13. The van der Waals surface area contributed by atoms with Crippen LogP contribution >= 0.6 is 0 Å². The number of carbonyl (C=O) groups is 2. The van der Waals surface area contributed by atoms with Crippen molar-refractivity contribution in [2.45, 2.75) is 32.2 Å². The number of piperazine rings is 1. The van der Waals surface area contributed by atoms with Crippen molar-refractivity contribution in [3.05, 3.63) is 24.3 Å². The molecule has 2 amide bonds. The molecule has 25 heavy (non-hydrogen) atoms. The summed E-state index contributed by atoms with van der Waals surface area (Å²) in [4.78, 5) is 31.1. The molecular formula is C19H27N3O3. The van der Waals surface area contributed by atoms with E-state index < -0.39 is 0 Å². The summed E-state index contributed by atoms with van der Waals surface area (Å²) in [6.45, 7) is 4.88. The van der Waals surface area contributed by atoms with Gasteiger partial charge in [-0.15, -0.1) is 0 Å². The molecule has 0 aliphatic carbocycles. The van der Waals surface area contributed by atoms with Gasteiger partial charge in [0.05, 0.1) is 24.8 Å². The van der Waals surface area contributed by atoms with Crippen LogP contribution < -0.4 is 9.64 Å². The van der Waals surface area contributed by atoms with Crippen molar-refractivity contribution in [2.75, 3.05) is 44.7 Å². The standard InChI is InChI=1S/C19H27N3O3/c1-3-4-7-16-19(24)20(2)10-11-21(16)14-18(23)22-12-13-25-17-9-6-5-8-15(17)22/h5-6,8-9,16H,3-4,7,10-14H2,1-2H3/t16-/m1/s1. The number of hydrogen-bond acceptors (Lipinski definition) is 4. The van der Waals surface area contributed by atoms with Crippen molar-refractivity contribution < 1.29 is 14.3 Å². The maximum Gasteiger partial charge on any atom is 0.241 e. The Morgan fingerprint density at radius 2 is 2.04 bits per heavy atom. The number of unbranched alkanes of at least 4 members (excludes halogenated alkanes) is 1. The van der Waals surface area contributed by atoms with Crippen LogP contribution in [-0.2, 0) is 9.59 Å². The molecule has 0 bridgehead atoms. The number of ether oxygens (including phenoxy) is 1. The Morgan fingerprint density at radius 1 is 1.24 bits per heavy atom. The third-order valence-electron chi connectivity index (χ3n) is 5.02. The van der Waals surface area contributed by atoms with Gasteiger partial charge in [0.15, 0.2) is 0 Å². The Balaban J connectivity index is 1.72. The fraction of sp³-hybridized carbons (Fsp3) is 0.579. The molecule has 136 valence electrons. The van der Waals surface area contributed by atoms with Gasteiger partial charge in [0.1, 0.15) is 12.4 Å². The lowest BCUT2D eigenvalue weighted by molar-refractivity contribution is -0.141. The van der Waals surface area contributed by atoms with E-state index in [1.807, 2.05) is 31.3 Å². The zero-order valence-corrected chi connectivity index (χ0v) is 15.1. The molecule has 0 N–H and O–H groups in total. The summed E-state index contributed by atoms with van der Waals surface area (Å²) in [5, 5.41) is 0. The predicted molar refractivity (Wildman–Crippen MR) is 96.8 cm³/mol. The molecule has 2 aliphatic heterocycles. The fourth-order valence-corrected chi connectivity index (χ4v) is 3.54. The zero-order chi connectivity index (χ0) is 17.8. The van der Waals surface area contributed by atoms with Crippen LogP contribution in [0.5, 0.6) is 5.75 Å². The van der Waals surface area contributed by atoms with Gasteiger partial charge in [-0.2, -0.15) is 0 Å². The number of likely N-dealkylation sites (N-methyl/N-ethyl adjacent to an activating group) is 1. The SMILES string of the molecule is CCCC[C@@H]1C(=O)N(C)CCN1CC(=O)N1CCOc2ccccc21. The first kappa shape index (κ1) is 17.7. The molecule has 1 fully saturated rings. The van der Waals surface area contributed by atoms with E-state index in [-0.39, 0.29) is 24.4 Å². The number of hydrogen-bond donors (Lipinski definition) is 0. The van der Waals surface area contributed by atoms with Gasteiger partial charge < -0.3 is 14.5 Å². The molecule has 0 unspecified atom stereocenters. The lowest BCUT2D eigenvalue weighted by Gasteiger charge is -2.40. The van der Waals surface area contributed by atoms with Crippen molar-refractivity contribution in [1.29, 1.82) is 0 Å². The molecule has 1 saturated heterocycles. The summed E-state index contributed by atoms with van der Waals surface area (Å²) in [7, 11) is 1.85. The van der Waals surface area contributed by atoms with E-state index in [4.69, 9.17) is 4.74 Å². The van der Waals surface area contributed by atoms with E-state index in [9.17, 15) is 9.59 Å². The molecule has 2 heterocycles. The quantitative estimate of drug-likeness (QED) is 0.816. The summed E-state index contributed by atoms with van der Waals surface area (Å²) >= 11 is 0. The number of nitrogens with zero attached hydrogens (tertiary/aromatic N) is 3. The average molecular weight is 345 g/mol. The predicted octanol–water partition coefficient (Wildman–Crippen LogP) is 1.74. The number of para-hydroxylation sites is 2. The minimum Gasteiger partial charge on any atom is -0.490 e. The third-order valence-corrected chi connectivity index (χ3v) is 5.02. The van der Waals surface area contributed by atoms with Crippen LogP contribution in [0.4, 0.5) is 5.69 Å². The molecule has 2 aliphatic rings. The molecule has 3 rings (SSSR count). The van der Waals surface area contributed by atoms with Crippen molar-refractivity contribution in [3.63, 3.8) is 0 Å². The van der Waals surface area contributed by atoms with Gasteiger partial charge in [-0.3, -0.25) is 14.5 Å². The van der Waals surface area contributed by atoms with Gasteiger partial charge in [-0.25, -0.2) is 0 Å². The molecule has 6 nitrogen and oxygen atoms in total. The molecular weight excluding hydrogens is 318 g/mol. The van der Waals surface area contributed by atoms with E-state index in [0.717, 1.165) is 37.2 Å². The number of rotatable bonds is 5. The van der Waals surface area contributed by atoms with Crippen LogP contribution in [0.1, 0.15) is 26.2 Å². The highest BCUT2D eigenvalue weighted by Gasteiger charge is 2.35. The third kappa shape index (κ3) is 3.79. The second-order valence-corrected chi connectivity index (χ2v) is 6.75. The highest BCUT2D eigenvalue weighted by atomic mass is 16.5. The van der Waals surface area contributed by atoms with Crippen LogP contribution in [0.15, 0.2) is 24.3 Å². The van der Waals surface area contributed by atoms with Gasteiger partial charge in [-0.05, 0) is 18.6 Å². The zero-order valence-electron chi connectivity index (χ0n) is 15.1. The van der Waals surface area contributed by atoms with E-state index in [1.54, 1.807) is 9.80 Å². The molecule has 0 aromatic heterocycles. The van der Waals surface area contributed by atoms with Gasteiger partial charge in [0.25, 0.3) is 0 Å². The van der Waals surface area contributed by atoms with Crippen LogP contribution in [0.3, 0.4) is 0 Å². The van der Waals surface area contributed by atoms with Crippen LogP contribution in [0.2, 0.25) is 0 Å². The first-order chi connectivity index (χ1) is 12.1. The molecule has 1 atom stereocenters. The van der Waals surface area contributed by atoms with Crippen molar-refractivity contribution in [1.82, 2.24) is 9.80 Å². The van der Waals surface area contributed by atoms with E-state index in [1.165, 1.54) is 0 Å². The molecule has 0 saturated carbocycles. The smallest absolute Gasteiger partial charge is 0.241 e. The second-order valence-electron chi connectivity index (χ2n) is 6.75. The fourth-order valence-electron chi connectivity index (χ4n) is 3.54. The van der Waals surface area contributed by atoms with E-state index in [0.29, 0.717) is 19.7 Å². The number of fused-ring (bicyclic) bond motifs is 1. The van der Waals surface area contributed by atoms with Crippen molar-refractivity contribution in [2.24, 2.45) is 0 Å². The summed E-state index contributed by atoms with van der Waals surface area (Å²) in [6.07, 6.45) is 2.86. The highest BCUT2D eigenvalue weighted by molar-refractivity contribution is 5.97. The molecule has 1 aromatic carbocycles. The van der Waals surface area contributed by atoms with Gasteiger partial charge in [-0.1, -0.05) is 31.9 Å². The monoisotopic (exact) mass is 345 g/mol. The van der Waals surface area contributed by atoms with Crippen molar-refractivity contribution >= 4 is 17.5 Å². The number of carbonyl (C=O) groups excluding carboxylic acids is 2. The largest absolute Gasteiger partial charge is 0.490 e. The Bertz CT molecular complexity index is 634. The average Bonchev–Trinajstić information content (AvgIpc) is 2.64. The van der Waals surface area contributed by atoms with Gasteiger partial charge in [0.2, 0.25) is 11.8 Å². The summed E-state index contributed by atoms with van der Waals surface area (Å²) < 4.78 is 5.63. The Hall–Kier alpha value is -2.08. The Morgan fingerprint density at radius 3 is 2.84 bits per heavy atom. The molecule has 0 spiro atoms. The minimum absolute atomic E-state index is 0.0367. The number of benzene rings is 1. The summed E-state index contributed by atoms with van der Waals surface area (Å²) in [6, 6.07) is 7.44. The lowest BCUT2D eigenvalue weighted by Crippen LogP contribution is -2.58. The second kappa shape index (κ2) is 7.87. The van der Waals surface area contributed by atoms with Crippen LogP contribution in [-0.4, -0.2) is 67.5 Å². The van der Waals surface area contributed by atoms with Crippen molar-refractivity contribution in [3.8, 4) is 5.75 Å². The van der Waals surface area contributed by atoms with Crippen LogP contribution in [0.25, 0.3) is 0 Å². The molecule has 1 aromatic rings. The van der Waals surface area contributed by atoms with Gasteiger partial charge in [0, 0.05) is 20.1 Å². The molecule has 0 radical (unpaired) electrons. The Kier molecular flexibility index (Phi) is 5.58.